The topological polar surface area (TPSA) is 65.1 Å². The van der Waals surface area contributed by atoms with Crippen molar-refractivity contribution in [3.8, 4) is 0 Å². The Morgan fingerprint density at radius 3 is 2.81 bits per heavy atom. The van der Waals surface area contributed by atoms with Gasteiger partial charge in [-0.25, -0.2) is 0 Å². The number of benzene rings is 1. The van der Waals surface area contributed by atoms with E-state index < -0.39 is 18.0 Å². The molecule has 0 aromatic heterocycles. The highest BCUT2D eigenvalue weighted by molar-refractivity contribution is 6.03. The average molecular weight is 290 g/mol. The van der Waals surface area contributed by atoms with Crippen molar-refractivity contribution in [3.05, 3.63) is 35.9 Å². The minimum Gasteiger partial charge on any atom is -0.468 e. The van der Waals surface area contributed by atoms with E-state index in [9.17, 15) is 9.59 Å². The smallest absolute Gasteiger partial charge is 0.316 e. The number of methoxy groups -OCH3 is 1. The number of epoxide rings is 1. The summed E-state index contributed by atoms with van der Waals surface area (Å²) in [6.45, 7) is 0.821. The quantitative estimate of drug-likeness (QED) is 0.465. The summed E-state index contributed by atoms with van der Waals surface area (Å²) in [5.41, 5.74) is 1.06. The molecule has 0 N–H and O–H groups in total. The second kappa shape index (κ2) is 5.95. The molecule has 112 valence electrons. The Morgan fingerprint density at radius 2 is 2.10 bits per heavy atom. The fraction of sp³-hybridized carbons (Fsp3) is 0.500. The maximum Gasteiger partial charge on any atom is 0.316 e. The molecular formula is C16H18O5. The highest BCUT2D eigenvalue weighted by Crippen LogP contribution is 2.41. The van der Waals surface area contributed by atoms with Gasteiger partial charge in [0.05, 0.1) is 26.4 Å². The molecule has 1 aromatic carbocycles. The van der Waals surface area contributed by atoms with Crippen molar-refractivity contribution in [2.45, 2.75) is 25.2 Å². The lowest BCUT2D eigenvalue weighted by atomic mass is 9.79. The first-order valence-electron chi connectivity index (χ1n) is 7.09. The number of carbonyl (C=O) groups excluding carboxylic acids is 2. The van der Waals surface area contributed by atoms with E-state index in [4.69, 9.17) is 14.2 Å². The first kappa shape index (κ1) is 14.2. The van der Waals surface area contributed by atoms with Gasteiger partial charge in [-0.3, -0.25) is 9.59 Å². The molecule has 1 aliphatic carbocycles. The fourth-order valence-electron chi connectivity index (χ4n) is 2.92. The van der Waals surface area contributed by atoms with Crippen molar-refractivity contribution in [1.29, 1.82) is 0 Å². The Bertz CT molecular complexity index is 527. The third-order valence-electron chi connectivity index (χ3n) is 4.07. The van der Waals surface area contributed by atoms with Crippen LogP contribution in [0, 0.1) is 11.8 Å². The van der Waals surface area contributed by atoms with E-state index in [1.807, 2.05) is 30.3 Å². The van der Waals surface area contributed by atoms with Crippen LogP contribution in [-0.2, 0) is 30.4 Å². The summed E-state index contributed by atoms with van der Waals surface area (Å²) in [6, 6.07) is 9.79. The van der Waals surface area contributed by atoms with Crippen LogP contribution in [0.5, 0.6) is 0 Å². The van der Waals surface area contributed by atoms with Crippen molar-refractivity contribution in [2.24, 2.45) is 11.8 Å². The number of ether oxygens (including phenoxy) is 3. The standard InChI is InChI=1S/C16H18O5/c1-19-16(18)13-11(7-12-15(21-12)14(13)17)9-20-8-10-5-3-2-4-6-10/h2-6,11-13,15H,7-9H2,1H3/t11-,12+,13?,15+/m0/s1. The lowest BCUT2D eigenvalue weighted by molar-refractivity contribution is -0.154. The predicted octanol–water partition coefficient (Wildman–Crippen LogP) is 1.35. The minimum absolute atomic E-state index is 0.0382. The van der Waals surface area contributed by atoms with E-state index in [2.05, 4.69) is 0 Å². The Kier molecular flexibility index (Phi) is 4.03. The molecule has 0 bridgehead atoms. The third-order valence-corrected chi connectivity index (χ3v) is 4.07. The Morgan fingerprint density at radius 1 is 1.33 bits per heavy atom. The molecular weight excluding hydrogens is 272 g/mol. The van der Waals surface area contributed by atoms with Crippen molar-refractivity contribution in [2.75, 3.05) is 13.7 Å². The summed E-state index contributed by atoms with van der Waals surface area (Å²) < 4.78 is 15.7. The van der Waals surface area contributed by atoms with Gasteiger partial charge in [0, 0.05) is 5.92 Å². The van der Waals surface area contributed by atoms with Crippen LogP contribution in [0.3, 0.4) is 0 Å². The number of hydrogen-bond donors (Lipinski definition) is 0. The first-order chi connectivity index (χ1) is 10.2. The Hall–Kier alpha value is -1.72. The number of rotatable bonds is 5. The lowest BCUT2D eigenvalue weighted by Crippen LogP contribution is -2.41. The average Bonchev–Trinajstić information content (AvgIpc) is 3.28. The predicted molar refractivity (Wildman–Crippen MR) is 73.4 cm³/mol. The molecule has 1 aromatic rings. The molecule has 2 fully saturated rings. The van der Waals surface area contributed by atoms with Crippen LogP contribution >= 0.6 is 0 Å². The third kappa shape index (κ3) is 2.99. The van der Waals surface area contributed by atoms with Gasteiger partial charge < -0.3 is 14.2 Å². The number of fused-ring (bicyclic) bond motifs is 1. The molecule has 21 heavy (non-hydrogen) atoms. The summed E-state index contributed by atoms with van der Waals surface area (Å²) in [5.74, 6) is -1.57. The largest absolute Gasteiger partial charge is 0.468 e. The summed E-state index contributed by atoms with van der Waals surface area (Å²) in [4.78, 5) is 24.0. The highest BCUT2D eigenvalue weighted by Gasteiger charge is 2.57. The van der Waals surface area contributed by atoms with Gasteiger partial charge in [0.1, 0.15) is 12.0 Å². The first-order valence-corrected chi connectivity index (χ1v) is 7.09. The molecule has 3 rings (SSSR count). The molecule has 5 heteroatoms. The van der Waals surface area contributed by atoms with E-state index in [0.717, 1.165) is 5.56 Å². The van der Waals surface area contributed by atoms with Crippen LogP contribution in [-0.4, -0.2) is 37.7 Å². The van der Waals surface area contributed by atoms with Crippen LogP contribution in [0.25, 0.3) is 0 Å². The number of esters is 1. The van der Waals surface area contributed by atoms with Gasteiger partial charge in [-0.1, -0.05) is 30.3 Å². The van der Waals surface area contributed by atoms with Crippen molar-refractivity contribution in [1.82, 2.24) is 0 Å². The van der Waals surface area contributed by atoms with Gasteiger partial charge in [-0.05, 0) is 12.0 Å². The monoisotopic (exact) mass is 290 g/mol. The van der Waals surface area contributed by atoms with Crippen LogP contribution in [0.2, 0.25) is 0 Å². The normalized spacial score (nSPS) is 30.6. The molecule has 1 heterocycles. The molecule has 0 radical (unpaired) electrons. The number of Topliss-reactive ketones (excluding diaryl/α,β-unsaturated/α-hetero) is 1. The van der Waals surface area contributed by atoms with E-state index >= 15 is 0 Å². The van der Waals surface area contributed by atoms with Gasteiger partial charge in [-0.15, -0.1) is 0 Å². The van der Waals surface area contributed by atoms with Crippen molar-refractivity contribution >= 4 is 11.8 Å². The molecule has 2 aliphatic rings. The van der Waals surface area contributed by atoms with Gasteiger partial charge in [-0.2, -0.15) is 0 Å². The molecule has 1 saturated carbocycles. The molecule has 0 amide bonds. The second-order valence-corrected chi connectivity index (χ2v) is 5.49. The van der Waals surface area contributed by atoms with E-state index in [-0.39, 0.29) is 17.8 Å². The Labute approximate surface area is 123 Å². The van der Waals surface area contributed by atoms with Gasteiger partial charge >= 0.3 is 5.97 Å². The van der Waals surface area contributed by atoms with Crippen LogP contribution in [0.4, 0.5) is 0 Å². The summed E-state index contributed by atoms with van der Waals surface area (Å²) in [6.07, 6.45) is 0.230. The SMILES string of the molecule is COC(=O)C1C(=O)[C@@H]2O[C@@H]2C[C@H]1COCc1ccccc1. The van der Waals surface area contributed by atoms with E-state index in [1.165, 1.54) is 7.11 Å². The highest BCUT2D eigenvalue weighted by atomic mass is 16.6. The van der Waals surface area contributed by atoms with Crippen LogP contribution < -0.4 is 0 Å². The summed E-state index contributed by atoms with van der Waals surface area (Å²) >= 11 is 0. The van der Waals surface area contributed by atoms with Gasteiger partial charge in [0.25, 0.3) is 0 Å². The number of hydrogen-bond acceptors (Lipinski definition) is 5. The second-order valence-electron chi connectivity index (χ2n) is 5.49. The molecule has 1 saturated heterocycles. The van der Waals surface area contributed by atoms with E-state index in [1.54, 1.807) is 0 Å². The molecule has 0 spiro atoms. The fourth-order valence-corrected chi connectivity index (χ4v) is 2.92. The molecule has 4 atom stereocenters. The van der Waals surface area contributed by atoms with Crippen molar-refractivity contribution in [3.63, 3.8) is 0 Å². The van der Waals surface area contributed by atoms with Gasteiger partial charge in [0.15, 0.2) is 5.78 Å². The van der Waals surface area contributed by atoms with Gasteiger partial charge in [0.2, 0.25) is 0 Å². The maximum absolute atomic E-state index is 12.1. The number of carbonyl (C=O) groups is 2. The van der Waals surface area contributed by atoms with Crippen molar-refractivity contribution < 1.29 is 23.8 Å². The zero-order valence-electron chi connectivity index (χ0n) is 11.9. The minimum atomic E-state index is -0.755. The summed E-state index contributed by atoms with van der Waals surface area (Å²) in [5, 5.41) is 0. The lowest BCUT2D eigenvalue weighted by Gasteiger charge is -2.25. The zero-order chi connectivity index (χ0) is 14.8. The Balaban J connectivity index is 1.59. The molecule has 5 nitrogen and oxygen atoms in total. The van der Waals surface area contributed by atoms with E-state index in [0.29, 0.717) is 19.6 Å². The molecule has 1 aliphatic heterocycles. The summed E-state index contributed by atoms with van der Waals surface area (Å²) in [7, 11) is 1.30. The zero-order valence-corrected chi connectivity index (χ0v) is 11.9. The number of ketones is 1. The maximum atomic E-state index is 12.1. The van der Waals surface area contributed by atoms with Crippen LogP contribution in [0.1, 0.15) is 12.0 Å². The molecule has 1 unspecified atom stereocenters. The van der Waals surface area contributed by atoms with Crippen LogP contribution in [0.15, 0.2) is 30.3 Å².